The van der Waals surface area contributed by atoms with Crippen LogP contribution in [0.15, 0.2) is 24.3 Å². The Bertz CT molecular complexity index is 294. The number of carbonyl (C=O) groups is 1. The van der Waals surface area contributed by atoms with Crippen molar-refractivity contribution in [1.29, 1.82) is 0 Å². The van der Waals surface area contributed by atoms with Crippen LogP contribution in [-0.4, -0.2) is 5.91 Å². The average molecular weight is 161 g/mol. The van der Waals surface area contributed by atoms with E-state index in [2.05, 4.69) is 36.5 Å². The number of rotatable bonds is 1. The zero-order chi connectivity index (χ0) is 8.55. The molecular formula is C10H11NO. The maximum Gasteiger partial charge on any atom is 0.222 e. The Labute approximate surface area is 71.6 Å². The van der Waals surface area contributed by atoms with Gasteiger partial charge in [0.2, 0.25) is 5.91 Å². The fourth-order valence-corrected chi connectivity index (χ4v) is 1.36. The summed E-state index contributed by atoms with van der Waals surface area (Å²) in [4.78, 5) is 10.6. The third-order valence-corrected chi connectivity index (χ3v) is 2.20. The molecule has 1 aliphatic heterocycles. The minimum absolute atomic E-state index is 0.153. The minimum Gasteiger partial charge on any atom is -0.349 e. The highest BCUT2D eigenvalue weighted by atomic mass is 16.2. The molecule has 1 atom stereocenters. The molecule has 1 aromatic carbocycles. The first-order valence-corrected chi connectivity index (χ1v) is 4.11. The lowest BCUT2D eigenvalue weighted by atomic mass is 9.97. The van der Waals surface area contributed by atoms with Crippen molar-refractivity contribution < 1.29 is 4.79 Å². The van der Waals surface area contributed by atoms with E-state index in [1.54, 1.807) is 0 Å². The van der Waals surface area contributed by atoms with E-state index in [9.17, 15) is 4.79 Å². The molecule has 0 unspecified atom stereocenters. The molecule has 1 amide bonds. The van der Waals surface area contributed by atoms with Gasteiger partial charge >= 0.3 is 0 Å². The third-order valence-electron chi connectivity index (χ3n) is 2.20. The predicted octanol–water partition coefficient (Wildman–Crippen LogP) is 1.56. The second-order valence-corrected chi connectivity index (χ2v) is 3.23. The topological polar surface area (TPSA) is 29.1 Å². The minimum atomic E-state index is 0.153. The van der Waals surface area contributed by atoms with Gasteiger partial charge < -0.3 is 5.32 Å². The summed E-state index contributed by atoms with van der Waals surface area (Å²) in [6.45, 7) is 2.06. The standard InChI is InChI=1S/C10H11NO/c1-7-2-4-8(5-3-7)9-6-10(12)11-9/h2-5,9H,6H2,1H3,(H,11,12)/t9-/m1/s1. The third kappa shape index (κ3) is 1.20. The molecule has 1 heterocycles. The molecule has 2 heteroatoms. The second kappa shape index (κ2) is 2.63. The molecular weight excluding hydrogens is 150 g/mol. The quantitative estimate of drug-likeness (QED) is 0.622. The van der Waals surface area contributed by atoms with Gasteiger partial charge in [0.05, 0.1) is 12.5 Å². The Kier molecular flexibility index (Phi) is 1.61. The molecule has 1 saturated heterocycles. The van der Waals surface area contributed by atoms with E-state index < -0.39 is 0 Å². The number of β-lactam (4-membered cyclic amide) rings is 1. The first-order valence-electron chi connectivity index (χ1n) is 4.11. The van der Waals surface area contributed by atoms with Crippen molar-refractivity contribution in [2.24, 2.45) is 0 Å². The summed E-state index contributed by atoms with van der Waals surface area (Å²) in [7, 11) is 0. The van der Waals surface area contributed by atoms with Gasteiger partial charge in [0, 0.05) is 0 Å². The first-order chi connectivity index (χ1) is 5.75. The van der Waals surface area contributed by atoms with Gasteiger partial charge in [-0.25, -0.2) is 0 Å². The van der Waals surface area contributed by atoms with E-state index in [4.69, 9.17) is 0 Å². The van der Waals surface area contributed by atoms with E-state index in [0.717, 1.165) is 0 Å². The maximum atomic E-state index is 10.6. The molecule has 0 spiro atoms. The van der Waals surface area contributed by atoms with Gasteiger partial charge in [-0.15, -0.1) is 0 Å². The molecule has 1 fully saturated rings. The monoisotopic (exact) mass is 161 g/mol. The number of benzene rings is 1. The lowest BCUT2D eigenvalue weighted by Gasteiger charge is -2.27. The van der Waals surface area contributed by atoms with Gasteiger partial charge in [0.1, 0.15) is 0 Å². The number of nitrogens with one attached hydrogen (secondary N) is 1. The average Bonchev–Trinajstić information content (AvgIpc) is 2.01. The van der Waals surface area contributed by atoms with Crippen molar-refractivity contribution in [3.63, 3.8) is 0 Å². The molecule has 0 saturated carbocycles. The highest BCUT2D eigenvalue weighted by Gasteiger charge is 2.25. The lowest BCUT2D eigenvalue weighted by Crippen LogP contribution is -2.41. The van der Waals surface area contributed by atoms with E-state index in [1.165, 1.54) is 11.1 Å². The zero-order valence-corrected chi connectivity index (χ0v) is 7.00. The molecule has 0 radical (unpaired) electrons. The van der Waals surface area contributed by atoms with Crippen LogP contribution < -0.4 is 5.32 Å². The van der Waals surface area contributed by atoms with E-state index in [0.29, 0.717) is 6.42 Å². The van der Waals surface area contributed by atoms with Crippen LogP contribution in [0.5, 0.6) is 0 Å². The molecule has 1 aliphatic rings. The fraction of sp³-hybridized carbons (Fsp3) is 0.300. The van der Waals surface area contributed by atoms with Gasteiger partial charge in [-0.05, 0) is 12.5 Å². The Balaban J connectivity index is 2.14. The van der Waals surface area contributed by atoms with Crippen LogP contribution in [0.1, 0.15) is 23.6 Å². The SMILES string of the molecule is Cc1ccc([C@H]2CC(=O)N2)cc1. The Hall–Kier alpha value is -1.31. The highest BCUT2D eigenvalue weighted by molar-refractivity contribution is 5.83. The molecule has 1 aromatic rings. The van der Waals surface area contributed by atoms with Gasteiger partial charge in [0.15, 0.2) is 0 Å². The van der Waals surface area contributed by atoms with Gasteiger partial charge in [0.25, 0.3) is 0 Å². The molecule has 12 heavy (non-hydrogen) atoms. The molecule has 2 nitrogen and oxygen atoms in total. The fourth-order valence-electron chi connectivity index (χ4n) is 1.36. The Morgan fingerprint density at radius 2 is 1.92 bits per heavy atom. The summed E-state index contributed by atoms with van der Waals surface area (Å²) in [6, 6.07) is 8.54. The summed E-state index contributed by atoms with van der Waals surface area (Å²) < 4.78 is 0. The van der Waals surface area contributed by atoms with Crippen LogP contribution in [-0.2, 0) is 4.79 Å². The molecule has 0 aromatic heterocycles. The number of carbonyl (C=O) groups excluding carboxylic acids is 1. The van der Waals surface area contributed by atoms with Gasteiger partial charge in [-0.1, -0.05) is 29.8 Å². The molecule has 1 N–H and O–H groups in total. The summed E-state index contributed by atoms with van der Waals surface area (Å²) in [5.74, 6) is 0.153. The maximum absolute atomic E-state index is 10.6. The highest BCUT2D eigenvalue weighted by Crippen LogP contribution is 2.23. The van der Waals surface area contributed by atoms with E-state index in [-0.39, 0.29) is 11.9 Å². The Morgan fingerprint density at radius 3 is 2.42 bits per heavy atom. The van der Waals surface area contributed by atoms with Crippen LogP contribution in [0.4, 0.5) is 0 Å². The van der Waals surface area contributed by atoms with E-state index in [1.807, 2.05) is 0 Å². The van der Waals surface area contributed by atoms with Crippen molar-refractivity contribution in [3.05, 3.63) is 35.4 Å². The number of amides is 1. The largest absolute Gasteiger partial charge is 0.349 e. The van der Waals surface area contributed by atoms with Crippen LogP contribution in [0, 0.1) is 6.92 Å². The van der Waals surface area contributed by atoms with Crippen molar-refractivity contribution in [2.75, 3.05) is 0 Å². The zero-order valence-electron chi connectivity index (χ0n) is 7.00. The van der Waals surface area contributed by atoms with Crippen LogP contribution in [0.25, 0.3) is 0 Å². The summed E-state index contributed by atoms with van der Waals surface area (Å²) in [6.07, 6.45) is 0.642. The molecule has 62 valence electrons. The normalized spacial score (nSPS) is 21.4. The second-order valence-electron chi connectivity index (χ2n) is 3.23. The molecule has 2 rings (SSSR count). The number of hydrogen-bond acceptors (Lipinski definition) is 1. The smallest absolute Gasteiger partial charge is 0.222 e. The number of aryl methyl sites for hydroxylation is 1. The first kappa shape index (κ1) is 7.35. The number of hydrogen-bond donors (Lipinski definition) is 1. The Morgan fingerprint density at radius 1 is 1.33 bits per heavy atom. The molecule has 0 bridgehead atoms. The van der Waals surface area contributed by atoms with Crippen molar-refractivity contribution in [2.45, 2.75) is 19.4 Å². The van der Waals surface area contributed by atoms with Crippen LogP contribution in [0.2, 0.25) is 0 Å². The summed E-state index contributed by atoms with van der Waals surface area (Å²) in [5.41, 5.74) is 2.46. The van der Waals surface area contributed by atoms with Crippen molar-refractivity contribution in [1.82, 2.24) is 5.32 Å². The van der Waals surface area contributed by atoms with Gasteiger partial charge in [-0.2, -0.15) is 0 Å². The lowest BCUT2D eigenvalue weighted by molar-refractivity contribution is -0.128. The van der Waals surface area contributed by atoms with Crippen LogP contribution >= 0.6 is 0 Å². The summed E-state index contributed by atoms with van der Waals surface area (Å²) in [5, 5.41) is 2.84. The predicted molar refractivity (Wildman–Crippen MR) is 46.7 cm³/mol. The molecule has 0 aliphatic carbocycles. The van der Waals surface area contributed by atoms with E-state index >= 15 is 0 Å². The van der Waals surface area contributed by atoms with Crippen molar-refractivity contribution >= 4 is 5.91 Å². The summed E-state index contributed by atoms with van der Waals surface area (Å²) >= 11 is 0. The van der Waals surface area contributed by atoms with Crippen molar-refractivity contribution in [3.8, 4) is 0 Å². The van der Waals surface area contributed by atoms with Gasteiger partial charge in [-0.3, -0.25) is 4.79 Å². The van der Waals surface area contributed by atoms with Crippen LogP contribution in [0.3, 0.4) is 0 Å².